The maximum Gasteiger partial charge on any atom is 0.222 e. The van der Waals surface area contributed by atoms with Crippen molar-refractivity contribution in [3.63, 3.8) is 0 Å². The number of nitrogens with two attached hydrogens (primary N) is 2. The molecule has 0 radical (unpaired) electrons. The number of aliphatic imine (C=N–C) groups is 1. The molecule has 0 atom stereocenters. The Hall–Kier alpha value is -2.71. The Morgan fingerprint density at radius 1 is 1.41 bits per heavy atom. The van der Waals surface area contributed by atoms with Crippen LogP contribution in [-0.2, 0) is 16.6 Å². The second-order valence-corrected chi connectivity index (χ2v) is 8.41. The first-order valence-electron chi connectivity index (χ1n) is 9.17. The number of hydrogen-bond acceptors (Lipinski definition) is 5. The lowest BCUT2D eigenvalue weighted by atomic mass is 9.66. The SMILES string of the molecule is C=C/C(=C\NC(N)=NCC1(c2ncccc2Cl)CCC1)c1ncc(CC(N)=O)s1. The van der Waals surface area contributed by atoms with Gasteiger partial charge in [0.1, 0.15) is 5.01 Å². The molecule has 1 aliphatic carbocycles. The van der Waals surface area contributed by atoms with E-state index in [2.05, 4.69) is 26.9 Å². The second-order valence-electron chi connectivity index (χ2n) is 6.89. The molecule has 0 unspecified atom stereocenters. The van der Waals surface area contributed by atoms with Gasteiger partial charge in [-0.1, -0.05) is 30.7 Å². The quantitative estimate of drug-likeness (QED) is 0.338. The summed E-state index contributed by atoms with van der Waals surface area (Å²) in [5.74, 6) is -0.103. The number of guanidine groups is 1. The summed E-state index contributed by atoms with van der Waals surface area (Å²) in [5.41, 5.74) is 12.8. The van der Waals surface area contributed by atoms with Crippen molar-refractivity contribution in [1.29, 1.82) is 0 Å². The number of amides is 1. The first-order valence-corrected chi connectivity index (χ1v) is 10.4. The van der Waals surface area contributed by atoms with E-state index in [1.54, 1.807) is 24.7 Å². The maximum absolute atomic E-state index is 11.0. The number of aromatic nitrogens is 2. The zero-order valence-electron chi connectivity index (χ0n) is 15.9. The highest BCUT2D eigenvalue weighted by Crippen LogP contribution is 2.45. The molecule has 29 heavy (non-hydrogen) atoms. The molecule has 3 rings (SSSR count). The monoisotopic (exact) mass is 430 g/mol. The fourth-order valence-corrected chi connectivity index (χ4v) is 4.44. The van der Waals surface area contributed by atoms with Crippen LogP contribution < -0.4 is 16.8 Å². The number of thiazole rings is 1. The smallest absolute Gasteiger partial charge is 0.222 e. The summed E-state index contributed by atoms with van der Waals surface area (Å²) in [6.45, 7) is 4.32. The number of nitrogens with zero attached hydrogens (tertiary/aromatic N) is 3. The molecule has 9 heteroatoms. The van der Waals surface area contributed by atoms with Crippen LogP contribution in [0.1, 0.15) is 34.8 Å². The van der Waals surface area contributed by atoms with Crippen LogP contribution in [0.15, 0.2) is 48.4 Å². The Balaban J connectivity index is 1.68. The summed E-state index contributed by atoms with van der Waals surface area (Å²) in [7, 11) is 0. The molecular formula is C20H23ClN6OS. The van der Waals surface area contributed by atoms with Gasteiger partial charge in [0.05, 0.1) is 23.7 Å². The minimum Gasteiger partial charge on any atom is -0.370 e. The van der Waals surface area contributed by atoms with Crippen LogP contribution in [0.25, 0.3) is 5.57 Å². The van der Waals surface area contributed by atoms with Crippen LogP contribution >= 0.6 is 22.9 Å². The van der Waals surface area contributed by atoms with Crippen LogP contribution in [0.5, 0.6) is 0 Å². The van der Waals surface area contributed by atoms with Gasteiger partial charge in [0, 0.05) is 34.5 Å². The molecule has 0 bridgehead atoms. The number of rotatable bonds is 8. The Morgan fingerprint density at radius 2 is 2.21 bits per heavy atom. The lowest BCUT2D eigenvalue weighted by molar-refractivity contribution is -0.117. The molecule has 2 heterocycles. The minimum absolute atomic E-state index is 0.158. The van der Waals surface area contributed by atoms with Crippen molar-refractivity contribution >= 4 is 40.4 Å². The number of halogens is 1. The fraction of sp³-hybridized carbons (Fsp3) is 0.300. The number of hydrogen-bond donors (Lipinski definition) is 3. The summed E-state index contributed by atoms with van der Waals surface area (Å²) in [6.07, 6.45) is 9.99. The number of carbonyl (C=O) groups excluding carboxylic acids is 1. The summed E-state index contributed by atoms with van der Waals surface area (Å²) in [6, 6.07) is 3.68. The third-order valence-electron chi connectivity index (χ3n) is 4.87. The van der Waals surface area contributed by atoms with Crippen LogP contribution in [0.3, 0.4) is 0 Å². The Kier molecular flexibility index (Phi) is 6.66. The molecular weight excluding hydrogens is 408 g/mol. The minimum atomic E-state index is -0.392. The first kappa shape index (κ1) is 21.0. The van der Waals surface area contributed by atoms with Gasteiger partial charge in [-0.25, -0.2) is 4.98 Å². The van der Waals surface area contributed by atoms with E-state index in [0.717, 1.165) is 35.4 Å². The molecule has 0 spiro atoms. The normalized spacial score (nSPS) is 16.2. The van der Waals surface area contributed by atoms with Gasteiger partial charge in [-0.3, -0.25) is 14.8 Å². The predicted octanol–water partition coefficient (Wildman–Crippen LogP) is 2.77. The van der Waals surface area contributed by atoms with E-state index >= 15 is 0 Å². The number of pyridine rings is 1. The number of nitrogens with one attached hydrogen (secondary N) is 1. The number of carbonyl (C=O) groups is 1. The van der Waals surface area contributed by atoms with Crippen molar-refractivity contribution in [2.24, 2.45) is 16.5 Å². The summed E-state index contributed by atoms with van der Waals surface area (Å²) in [4.78, 5) is 25.1. The van der Waals surface area contributed by atoms with Crippen LogP contribution in [0.4, 0.5) is 0 Å². The molecule has 1 saturated carbocycles. The van der Waals surface area contributed by atoms with Gasteiger partial charge in [-0.05, 0) is 25.0 Å². The van der Waals surface area contributed by atoms with Gasteiger partial charge in [0.15, 0.2) is 5.96 Å². The van der Waals surface area contributed by atoms with E-state index in [1.807, 2.05) is 12.1 Å². The van der Waals surface area contributed by atoms with Gasteiger partial charge in [0.2, 0.25) is 5.91 Å². The zero-order chi connectivity index (χ0) is 20.9. The highest BCUT2D eigenvalue weighted by atomic mass is 35.5. The molecule has 0 aromatic carbocycles. The lowest BCUT2D eigenvalue weighted by Crippen LogP contribution is -2.40. The fourth-order valence-electron chi connectivity index (χ4n) is 3.19. The lowest BCUT2D eigenvalue weighted by Gasteiger charge is -2.40. The molecule has 1 fully saturated rings. The largest absolute Gasteiger partial charge is 0.370 e. The molecule has 1 aliphatic rings. The van der Waals surface area contributed by atoms with Crippen molar-refractivity contribution in [1.82, 2.24) is 15.3 Å². The molecule has 2 aromatic rings. The van der Waals surface area contributed by atoms with Crippen molar-refractivity contribution in [2.75, 3.05) is 6.54 Å². The second kappa shape index (κ2) is 9.19. The molecule has 1 amide bonds. The predicted molar refractivity (Wildman–Crippen MR) is 118 cm³/mol. The standard InChI is InChI=1S/C20H23ClN6OS/c1-2-13(18-25-11-14(29-18)9-16(22)28)10-26-19(23)27-12-20(6-4-7-20)17-15(21)5-3-8-24-17/h2-3,5,8,10-11H,1,4,6-7,9,12H2,(H2,22,28)(H3,23,26,27)/b13-10+. The zero-order valence-corrected chi connectivity index (χ0v) is 17.5. The van der Waals surface area contributed by atoms with Gasteiger partial charge in [-0.15, -0.1) is 11.3 Å². The topological polar surface area (TPSA) is 119 Å². The summed E-state index contributed by atoms with van der Waals surface area (Å²) < 4.78 is 0. The van der Waals surface area contributed by atoms with E-state index in [0.29, 0.717) is 16.6 Å². The number of allylic oxidation sites excluding steroid dienone is 2. The van der Waals surface area contributed by atoms with E-state index in [4.69, 9.17) is 23.1 Å². The first-order chi connectivity index (χ1) is 13.9. The van der Waals surface area contributed by atoms with E-state index < -0.39 is 5.91 Å². The third kappa shape index (κ3) is 5.02. The highest BCUT2D eigenvalue weighted by molar-refractivity contribution is 7.12. The average Bonchev–Trinajstić information content (AvgIpc) is 3.10. The Labute approximate surface area is 178 Å². The van der Waals surface area contributed by atoms with Crippen LogP contribution in [-0.4, -0.2) is 28.4 Å². The molecule has 5 N–H and O–H groups in total. The third-order valence-corrected chi connectivity index (χ3v) is 6.22. The molecule has 0 aliphatic heterocycles. The van der Waals surface area contributed by atoms with E-state index in [9.17, 15) is 4.79 Å². The molecule has 152 valence electrons. The highest BCUT2D eigenvalue weighted by Gasteiger charge is 2.41. The van der Waals surface area contributed by atoms with E-state index in [-0.39, 0.29) is 17.8 Å². The number of primary amides is 1. The van der Waals surface area contributed by atoms with Gasteiger partial charge in [-0.2, -0.15) is 0 Å². The van der Waals surface area contributed by atoms with Crippen LogP contribution in [0, 0.1) is 0 Å². The Bertz CT molecular complexity index is 963. The van der Waals surface area contributed by atoms with Gasteiger partial charge in [0.25, 0.3) is 0 Å². The van der Waals surface area contributed by atoms with Crippen molar-refractivity contribution in [2.45, 2.75) is 31.1 Å². The molecule has 7 nitrogen and oxygen atoms in total. The maximum atomic E-state index is 11.0. The van der Waals surface area contributed by atoms with Crippen molar-refractivity contribution in [3.8, 4) is 0 Å². The van der Waals surface area contributed by atoms with Gasteiger partial charge < -0.3 is 16.8 Å². The Morgan fingerprint density at radius 3 is 2.83 bits per heavy atom. The molecule has 2 aromatic heterocycles. The summed E-state index contributed by atoms with van der Waals surface area (Å²) >= 11 is 7.73. The van der Waals surface area contributed by atoms with E-state index in [1.165, 1.54) is 11.3 Å². The van der Waals surface area contributed by atoms with Gasteiger partial charge >= 0.3 is 0 Å². The van der Waals surface area contributed by atoms with Crippen molar-refractivity contribution < 1.29 is 4.79 Å². The van der Waals surface area contributed by atoms with Crippen molar-refractivity contribution in [3.05, 3.63) is 64.0 Å². The van der Waals surface area contributed by atoms with Crippen LogP contribution in [0.2, 0.25) is 5.02 Å². The molecule has 0 saturated heterocycles. The summed E-state index contributed by atoms with van der Waals surface area (Å²) in [5, 5.41) is 4.37. The average molecular weight is 431 g/mol.